The number of oxazole rings is 1. The zero-order valence-electron chi connectivity index (χ0n) is 10.7. The lowest BCUT2D eigenvalue weighted by Crippen LogP contribution is -2.03. The average Bonchev–Trinajstić information content (AvgIpc) is 2.81. The molecular weight excluding hydrogens is 238 g/mol. The van der Waals surface area contributed by atoms with Crippen molar-refractivity contribution >= 4 is 11.1 Å². The van der Waals surface area contributed by atoms with Crippen LogP contribution in [0.25, 0.3) is 11.1 Å². The second kappa shape index (κ2) is 4.86. The van der Waals surface area contributed by atoms with E-state index in [4.69, 9.17) is 4.42 Å². The highest BCUT2D eigenvalue weighted by molar-refractivity contribution is 5.72. The molecule has 0 bridgehead atoms. The van der Waals surface area contributed by atoms with E-state index in [0.717, 1.165) is 22.2 Å². The van der Waals surface area contributed by atoms with Gasteiger partial charge in [0.2, 0.25) is 0 Å². The quantitative estimate of drug-likeness (QED) is 0.778. The first kappa shape index (κ1) is 11.9. The van der Waals surface area contributed by atoms with Gasteiger partial charge in [0, 0.05) is 0 Å². The fourth-order valence-electron chi connectivity index (χ4n) is 2.24. The Hall–Kier alpha value is -2.13. The van der Waals surface area contributed by atoms with Gasteiger partial charge < -0.3 is 9.52 Å². The topological polar surface area (TPSA) is 46.3 Å². The van der Waals surface area contributed by atoms with Crippen LogP contribution in [0.1, 0.15) is 23.1 Å². The van der Waals surface area contributed by atoms with Gasteiger partial charge in [-0.05, 0) is 30.2 Å². The highest BCUT2D eigenvalue weighted by Gasteiger charge is 2.14. The Balaban J connectivity index is 1.86. The van der Waals surface area contributed by atoms with Gasteiger partial charge in [0.1, 0.15) is 5.52 Å². The van der Waals surface area contributed by atoms with Crippen molar-refractivity contribution in [2.45, 2.75) is 19.4 Å². The van der Waals surface area contributed by atoms with Crippen molar-refractivity contribution in [2.75, 3.05) is 0 Å². The Kier molecular flexibility index (Phi) is 3.05. The molecule has 1 heterocycles. The number of aliphatic hydroxyl groups excluding tert-OH is 1. The lowest BCUT2D eigenvalue weighted by atomic mass is 10.0. The van der Waals surface area contributed by atoms with E-state index < -0.39 is 6.10 Å². The van der Waals surface area contributed by atoms with Gasteiger partial charge in [0.05, 0.1) is 12.5 Å². The molecule has 3 aromatic rings. The molecule has 0 unspecified atom stereocenters. The summed E-state index contributed by atoms with van der Waals surface area (Å²) >= 11 is 0. The van der Waals surface area contributed by atoms with Gasteiger partial charge in [-0.2, -0.15) is 0 Å². The van der Waals surface area contributed by atoms with E-state index in [2.05, 4.69) is 4.98 Å². The first-order valence-electron chi connectivity index (χ1n) is 6.32. The molecular formula is C16H15NO2. The zero-order chi connectivity index (χ0) is 13.2. The third kappa shape index (κ3) is 2.37. The number of hydrogen-bond acceptors (Lipinski definition) is 3. The second-order valence-electron chi connectivity index (χ2n) is 4.65. The molecule has 3 heteroatoms. The van der Waals surface area contributed by atoms with Gasteiger partial charge >= 0.3 is 0 Å². The van der Waals surface area contributed by atoms with Gasteiger partial charge in [-0.1, -0.05) is 36.4 Å². The third-order valence-corrected chi connectivity index (χ3v) is 3.25. The summed E-state index contributed by atoms with van der Waals surface area (Å²) in [6.07, 6.45) is -0.200. The summed E-state index contributed by atoms with van der Waals surface area (Å²) in [4.78, 5) is 4.38. The van der Waals surface area contributed by atoms with Crippen LogP contribution in [0, 0.1) is 6.92 Å². The van der Waals surface area contributed by atoms with Crippen molar-refractivity contribution < 1.29 is 9.52 Å². The highest BCUT2D eigenvalue weighted by atomic mass is 16.4. The summed E-state index contributed by atoms with van der Waals surface area (Å²) in [5.41, 5.74) is 3.58. The van der Waals surface area contributed by atoms with Crippen molar-refractivity contribution in [1.29, 1.82) is 0 Å². The number of nitrogens with zero attached hydrogens (tertiary/aromatic N) is 1. The minimum absolute atomic E-state index is 0.388. The number of aliphatic hydroxyl groups is 1. The number of hydrogen-bond donors (Lipinski definition) is 1. The molecule has 0 amide bonds. The SMILES string of the molecule is Cc1ccccc1[C@@H](O)Cc1nc2ccccc2o1. The number of para-hydroxylation sites is 2. The minimum Gasteiger partial charge on any atom is -0.441 e. The van der Waals surface area contributed by atoms with Crippen LogP contribution in [0.3, 0.4) is 0 Å². The number of fused-ring (bicyclic) bond motifs is 1. The molecule has 0 aliphatic heterocycles. The molecule has 96 valence electrons. The number of aromatic nitrogens is 1. The summed E-state index contributed by atoms with van der Waals surface area (Å²) in [6, 6.07) is 15.4. The molecule has 0 saturated heterocycles. The predicted octanol–water partition coefficient (Wildman–Crippen LogP) is 3.41. The second-order valence-corrected chi connectivity index (χ2v) is 4.65. The molecule has 0 aliphatic carbocycles. The van der Waals surface area contributed by atoms with Crippen LogP contribution in [0.4, 0.5) is 0 Å². The van der Waals surface area contributed by atoms with Crippen LogP contribution in [-0.4, -0.2) is 10.1 Å². The Morgan fingerprint density at radius 3 is 2.63 bits per heavy atom. The monoisotopic (exact) mass is 253 g/mol. The molecule has 19 heavy (non-hydrogen) atoms. The molecule has 2 aromatic carbocycles. The van der Waals surface area contributed by atoms with E-state index in [1.807, 2.05) is 55.5 Å². The van der Waals surface area contributed by atoms with Crippen molar-refractivity contribution in [3.8, 4) is 0 Å². The van der Waals surface area contributed by atoms with Gasteiger partial charge in [0.25, 0.3) is 0 Å². The smallest absolute Gasteiger partial charge is 0.198 e. The van der Waals surface area contributed by atoms with Crippen LogP contribution in [0.5, 0.6) is 0 Å². The Morgan fingerprint density at radius 2 is 1.84 bits per heavy atom. The van der Waals surface area contributed by atoms with Crippen molar-refractivity contribution in [3.63, 3.8) is 0 Å². The summed E-state index contributed by atoms with van der Waals surface area (Å²) in [6.45, 7) is 1.99. The van der Waals surface area contributed by atoms with Crippen LogP contribution >= 0.6 is 0 Å². The maximum Gasteiger partial charge on any atom is 0.198 e. The van der Waals surface area contributed by atoms with E-state index in [1.165, 1.54) is 0 Å². The summed E-state index contributed by atoms with van der Waals surface area (Å²) in [5, 5.41) is 10.3. The molecule has 3 rings (SSSR count). The van der Waals surface area contributed by atoms with Crippen LogP contribution in [-0.2, 0) is 6.42 Å². The van der Waals surface area contributed by atoms with Crippen LogP contribution < -0.4 is 0 Å². The van der Waals surface area contributed by atoms with Gasteiger partial charge in [-0.25, -0.2) is 4.98 Å². The molecule has 0 fully saturated rings. The average molecular weight is 253 g/mol. The Labute approximate surface area is 111 Å². The van der Waals surface area contributed by atoms with Crippen molar-refractivity contribution in [3.05, 3.63) is 65.5 Å². The minimum atomic E-state index is -0.589. The number of rotatable bonds is 3. The zero-order valence-corrected chi connectivity index (χ0v) is 10.7. The maximum absolute atomic E-state index is 10.3. The standard InChI is InChI=1S/C16H15NO2/c1-11-6-2-3-7-12(11)14(18)10-16-17-13-8-4-5-9-15(13)19-16/h2-9,14,18H,10H2,1H3/t14-/m0/s1. The van der Waals surface area contributed by atoms with Crippen LogP contribution in [0.2, 0.25) is 0 Å². The van der Waals surface area contributed by atoms with Crippen molar-refractivity contribution in [1.82, 2.24) is 4.98 Å². The first-order chi connectivity index (χ1) is 9.24. The summed E-state index contributed by atoms with van der Waals surface area (Å²) < 4.78 is 5.63. The van der Waals surface area contributed by atoms with Crippen molar-refractivity contribution in [2.24, 2.45) is 0 Å². The van der Waals surface area contributed by atoms with E-state index in [1.54, 1.807) is 0 Å². The molecule has 3 nitrogen and oxygen atoms in total. The largest absolute Gasteiger partial charge is 0.441 e. The Bertz CT molecular complexity index is 670. The lowest BCUT2D eigenvalue weighted by molar-refractivity contribution is 0.168. The normalized spacial score (nSPS) is 12.7. The molecule has 1 aromatic heterocycles. The summed E-state index contributed by atoms with van der Waals surface area (Å²) in [7, 11) is 0. The van der Waals surface area contributed by atoms with Gasteiger partial charge in [-0.15, -0.1) is 0 Å². The fourth-order valence-corrected chi connectivity index (χ4v) is 2.24. The maximum atomic E-state index is 10.3. The third-order valence-electron chi connectivity index (χ3n) is 3.25. The predicted molar refractivity (Wildman–Crippen MR) is 73.9 cm³/mol. The number of aryl methyl sites for hydroxylation is 1. The number of benzene rings is 2. The molecule has 1 N–H and O–H groups in total. The van der Waals surface area contributed by atoms with E-state index in [9.17, 15) is 5.11 Å². The molecule has 1 atom stereocenters. The molecule has 0 saturated carbocycles. The first-order valence-corrected chi connectivity index (χ1v) is 6.32. The Morgan fingerprint density at radius 1 is 1.11 bits per heavy atom. The molecule has 0 radical (unpaired) electrons. The fraction of sp³-hybridized carbons (Fsp3) is 0.188. The van der Waals surface area contributed by atoms with Gasteiger partial charge in [0.15, 0.2) is 11.5 Å². The van der Waals surface area contributed by atoms with E-state index >= 15 is 0 Å². The molecule has 0 aliphatic rings. The van der Waals surface area contributed by atoms with Gasteiger partial charge in [-0.3, -0.25) is 0 Å². The molecule has 0 spiro atoms. The van der Waals surface area contributed by atoms with E-state index in [0.29, 0.717) is 12.3 Å². The van der Waals surface area contributed by atoms with Crippen LogP contribution in [0.15, 0.2) is 52.9 Å². The van der Waals surface area contributed by atoms with E-state index in [-0.39, 0.29) is 0 Å². The highest BCUT2D eigenvalue weighted by Crippen LogP contribution is 2.23. The lowest BCUT2D eigenvalue weighted by Gasteiger charge is -2.11. The summed E-state index contributed by atoms with van der Waals surface area (Å²) in [5.74, 6) is 0.567.